The summed E-state index contributed by atoms with van der Waals surface area (Å²) in [6, 6.07) is 8.19. The Morgan fingerprint density at radius 2 is 1.95 bits per heavy atom. The van der Waals surface area contributed by atoms with E-state index >= 15 is 0 Å². The van der Waals surface area contributed by atoms with E-state index in [2.05, 4.69) is 11.8 Å². The first-order valence-electron chi connectivity index (χ1n) is 7.46. The summed E-state index contributed by atoms with van der Waals surface area (Å²) in [4.78, 5) is 13.8. The lowest BCUT2D eigenvalue weighted by atomic mass is 9.88. The molecule has 4 N–H and O–H groups in total. The standard InChI is InChI=1S/C16H24ClN3O/c1-10-3-4-13(16(19)21)9-20(10)15(11(2)18)12-5-7-14(17)8-6-12/h5-8,10-11,13,15H,3-4,9,18H2,1-2H3,(H2,19,21). The Kier molecular flexibility index (Phi) is 5.25. The van der Waals surface area contributed by atoms with Crippen molar-refractivity contribution in [1.29, 1.82) is 0 Å². The predicted molar refractivity (Wildman–Crippen MR) is 85.9 cm³/mol. The molecule has 0 bridgehead atoms. The number of halogens is 1. The van der Waals surface area contributed by atoms with Crippen molar-refractivity contribution >= 4 is 17.5 Å². The van der Waals surface area contributed by atoms with E-state index in [1.165, 1.54) is 0 Å². The average Bonchev–Trinajstić information content (AvgIpc) is 2.42. The second-order valence-electron chi connectivity index (χ2n) is 6.08. The maximum atomic E-state index is 11.5. The lowest BCUT2D eigenvalue weighted by Gasteiger charge is -2.43. The summed E-state index contributed by atoms with van der Waals surface area (Å²) in [5.74, 6) is -0.304. The number of primary amides is 1. The van der Waals surface area contributed by atoms with Gasteiger partial charge in [-0.1, -0.05) is 23.7 Å². The van der Waals surface area contributed by atoms with E-state index in [4.69, 9.17) is 23.1 Å². The van der Waals surface area contributed by atoms with Crippen molar-refractivity contribution in [2.45, 2.75) is 44.8 Å². The van der Waals surface area contributed by atoms with Crippen molar-refractivity contribution in [3.63, 3.8) is 0 Å². The molecule has 0 saturated carbocycles. The van der Waals surface area contributed by atoms with Gasteiger partial charge >= 0.3 is 0 Å². The minimum atomic E-state index is -0.216. The summed E-state index contributed by atoms with van der Waals surface area (Å²) >= 11 is 5.97. The van der Waals surface area contributed by atoms with Crippen LogP contribution in [0.1, 0.15) is 38.3 Å². The first-order valence-corrected chi connectivity index (χ1v) is 7.84. The highest BCUT2D eigenvalue weighted by Crippen LogP contribution is 2.32. The molecule has 4 nitrogen and oxygen atoms in total. The van der Waals surface area contributed by atoms with Crippen LogP contribution in [0.15, 0.2) is 24.3 Å². The molecule has 0 aliphatic carbocycles. The van der Waals surface area contributed by atoms with Gasteiger partial charge < -0.3 is 11.5 Å². The van der Waals surface area contributed by atoms with Gasteiger partial charge in [0, 0.05) is 29.7 Å². The molecule has 1 aromatic carbocycles. The molecule has 1 aliphatic rings. The van der Waals surface area contributed by atoms with Crippen molar-refractivity contribution in [3.8, 4) is 0 Å². The van der Waals surface area contributed by atoms with E-state index < -0.39 is 0 Å². The van der Waals surface area contributed by atoms with Crippen LogP contribution in [0.3, 0.4) is 0 Å². The minimum absolute atomic E-state index is 0.0414. The van der Waals surface area contributed by atoms with Gasteiger partial charge in [-0.2, -0.15) is 0 Å². The largest absolute Gasteiger partial charge is 0.369 e. The summed E-state index contributed by atoms with van der Waals surface area (Å²) in [5, 5.41) is 0.712. The molecule has 116 valence electrons. The Hall–Kier alpha value is -1.10. The Morgan fingerprint density at radius 1 is 1.33 bits per heavy atom. The molecule has 1 amide bonds. The van der Waals surface area contributed by atoms with Crippen LogP contribution < -0.4 is 11.5 Å². The number of likely N-dealkylation sites (tertiary alicyclic amines) is 1. The van der Waals surface area contributed by atoms with E-state index in [0.717, 1.165) is 18.4 Å². The highest BCUT2D eigenvalue weighted by atomic mass is 35.5. The second kappa shape index (κ2) is 6.77. The normalized spacial score (nSPS) is 26.3. The summed E-state index contributed by atoms with van der Waals surface area (Å²) in [6.45, 7) is 4.85. The fourth-order valence-corrected chi connectivity index (χ4v) is 3.34. The molecule has 2 rings (SSSR count). The number of hydrogen-bond donors (Lipinski definition) is 2. The molecule has 0 spiro atoms. The third kappa shape index (κ3) is 3.76. The predicted octanol–water partition coefficient (Wildman–Crippen LogP) is 2.31. The molecule has 1 fully saturated rings. The summed E-state index contributed by atoms with van der Waals surface area (Å²) in [7, 11) is 0. The second-order valence-corrected chi connectivity index (χ2v) is 6.51. The molecule has 1 aliphatic heterocycles. The van der Waals surface area contributed by atoms with Crippen molar-refractivity contribution in [1.82, 2.24) is 4.90 Å². The van der Waals surface area contributed by atoms with Gasteiger partial charge in [-0.25, -0.2) is 0 Å². The highest BCUT2D eigenvalue weighted by molar-refractivity contribution is 6.30. The van der Waals surface area contributed by atoms with Crippen LogP contribution >= 0.6 is 11.6 Å². The van der Waals surface area contributed by atoms with Crippen LogP contribution in [0.5, 0.6) is 0 Å². The summed E-state index contributed by atoms with van der Waals surface area (Å²) in [6.07, 6.45) is 1.82. The molecule has 4 atom stereocenters. The number of carbonyl (C=O) groups excluding carboxylic acids is 1. The number of benzene rings is 1. The minimum Gasteiger partial charge on any atom is -0.369 e. The van der Waals surface area contributed by atoms with E-state index in [1.807, 2.05) is 31.2 Å². The first kappa shape index (κ1) is 16.3. The van der Waals surface area contributed by atoms with Gasteiger partial charge in [0.25, 0.3) is 0 Å². The van der Waals surface area contributed by atoms with Crippen LogP contribution in [0, 0.1) is 5.92 Å². The van der Waals surface area contributed by atoms with Crippen molar-refractivity contribution in [2.24, 2.45) is 17.4 Å². The zero-order valence-corrected chi connectivity index (χ0v) is 13.4. The van der Waals surface area contributed by atoms with Crippen molar-refractivity contribution in [3.05, 3.63) is 34.9 Å². The van der Waals surface area contributed by atoms with E-state index in [1.54, 1.807) is 0 Å². The number of hydrogen-bond acceptors (Lipinski definition) is 3. The van der Waals surface area contributed by atoms with Gasteiger partial charge in [0.1, 0.15) is 0 Å². The fourth-order valence-electron chi connectivity index (χ4n) is 3.21. The van der Waals surface area contributed by atoms with Crippen LogP contribution in [-0.2, 0) is 4.79 Å². The number of nitrogens with zero attached hydrogens (tertiary/aromatic N) is 1. The fraction of sp³-hybridized carbons (Fsp3) is 0.562. The monoisotopic (exact) mass is 309 g/mol. The van der Waals surface area contributed by atoms with Gasteiger partial charge in [-0.05, 0) is 44.4 Å². The highest BCUT2D eigenvalue weighted by Gasteiger charge is 2.35. The third-order valence-electron chi connectivity index (χ3n) is 4.40. The number of carbonyl (C=O) groups is 1. The summed E-state index contributed by atoms with van der Waals surface area (Å²) < 4.78 is 0. The Labute approximate surface area is 131 Å². The van der Waals surface area contributed by atoms with E-state index in [9.17, 15) is 4.79 Å². The molecular formula is C16H24ClN3O. The van der Waals surface area contributed by atoms with Crippen LogP contribution in [0.4, 0.5) is 0 Å². The number of nitrogens with two attached hydrogens (primary N) is 2. The maximum Gasteiger partial charge on any atom is 0.221 e. The molecule has 0 radical (unpaired) electrons. The molecule has 1 saturated heterocycles. The Morgan fingerprint density at radius 3 is 2.48 bits per heavy atom. The van der Waals surface area contributed by atoms with Gasteiger partial charge in [-0.3, -0.25) is 9.69 Å². The first-order chi connectivity index (χ1) is 9.90. The van der Waals surface area contributed by atoms with E-state index in [-0.39, 0.29) is 23.9 Å². The van der Waals surface area contributed by atoms with Crippen LogP contribution in [0.2, 0.25) is 5.02 Å². The third-order valence-corrected chi connectivity index (χ3v) is 4.65. The quantitative estimate of drug-likeness (QED) is 0.896. The molecule has 1 aromatic rings. The lowest BCUT2D eigenvalue weighted by Crippen LogP contribution is -2.51. The smallest absolute Gasteiger partial charge is 0.221 e. The van der Waals surface area contributed by atoms with Gasteiger partial charge in [0.2, 0.25) is 5.91 Å². The topological polar surface area (TPSA) is 72.3 Å². The van der Waals surface area contributed by atoms with Crippen LogP contribution in [-0.4, -0.2) is 29.4 Å². The zero-order valence-electron chi connectivity index (χ0n) is 12.6. The molecule has 1 heterocycles. The Bertz CT molecular complexity index is 489. The summed E-state index contributed by atoms with van der Waals surface area (Å²) in [5.41, 5.74) is 12.9. The van der Waals surface area contributed by atoms with E-state index in [0.29, 0.717) is 17.6 Å². The molecule has 0 aromatic heterocycles. The number of piperidine rings is 1. The van der Waals surface area contributed by atoms with Crippen molar-refractivity contribution < 1.29 is 4.79 Å². The molecule has 4 unspecified atom stereocenters. The van der Waals surface area contributed by atoms with Gasteiger partial charge in [0.15, 0.2) is 0 Å². The van der Waals surface area contributed by atoms with Crippen LogP contribution in [0.25, 0.3) is 0 Å². The SMILES string of the molecule is CC(N)C(c1ccc(Cl)cc1)N1CC(C(N)=O)CCC1C. The van der Waals surface area contributed by atoms with Crippen molar-refractivity contribution in [2.75, 3.05) is 6.54 Å². The Balaban J connectivity index is 2.27. The lowest BCUT2D eigenvalue weighted by molar-refractivity contribution is -0.124. The molecule has 5 heteroatoms. The maximum absolute atomic E-state index is 11.5. The van der Waals surface area contributed by atoms with Gasteiger partial charge in [-0.15, -0.1) is 0 Å². The molecule has 21 heavy (non-hydrogen) atoms. The zero-order chi connectivity index (χ0) is 15.6. The molecular weight excluding hydrogens is 286 g/mol. The number of rotatable bonds is 4. The number of amides is 1. The van der Waals surface area contributed by atoms with Gasteiger partial charge in [0.05, 0.1) is 5.92 Å². The average molecular weight is 310 g/mol.